The van der Waals surface area contributed by atoms with Gasteiger partial charge < -0.3 is 10.2 Å². The van der Waals surface area contributed by atoms with Gasteiger partial charge in [0.15, 0.2) is 0 Å². The summed E-state index contributed by atoms with van der Waals surface area (Å²) >= 11 is 12.6. The van der Waals surface area contributed by atoms with Crippen molar-refractivity contribution in [2.24, 2.45) is 0 Å². The van der Waals surface area contributed by atoms with Gasteiger partial charge in [-0.2, -0.15) is 0 Å². The van der Waals surface area contributed by atoms with Gasteiger partial charge in [0.2, 0.25) is 5.95 Å². The zero-order valence-corrected chi connectivity index (χ0v) is 24.5. The molecule has 1 N–H and O–H groups in total. The minimum Gasteiger partial charge on any atom is -0.324 e. The Labute approximate surface area is 252 Å². The van der Waals surface area contributed by atoms with E-state index in [2.05, 4.69) is 102 Å². The van der Waals surface area contributed by atoms with Crippen molar-refractivity contribution in [1.82, 2.24) is 14.9 Å². The van der Waals surface area contributed by atoms with Gasteiger partial charge in [0.05, 0.1) is 15.7 Å². The molecule has 41 heavy (non-hydrogen) atoms. The van der Waals surface area contributed by atoms with Crippen molar-refractivity contribution in [2.45, 2.75) is 25.2 Å². The maximum Gasteiger partial charge on any atom is 0.227 e. The van der Waals surface area contributed by atoms with Gasteiger partial charge in [0, 0.05) is 36.5 Å². The molecule has 1 atom stereocenters. The van der Waals surface area contributed by atoms with E-state index in [-0.39, 0.29) is 5.92 Å². The molecule has 1 aliphatic carbocycles. The topological polar surface area (TPSA) is 41.0 Å². The Hall–Kier alpha value is -3.70. The Morgan fingerprint density at radius 2 is 1.56 bits per heavy atom. The summed E-state index contributed by atoms with van der Waals surface area (Å²) in [7, 11) is 2.19. The van der Waals surface area contributed by atoms with Crippen LogP contribution in [0, 0.1) is 0 Å². The largest absolute Gasteiger partial charge is 0.324 e. The van der Waals surface area contributed by atoms with Gasteiger partial charge in [-0.1, -0.05) is 96.0 Å². The van der Waals surface area contributed by atoms with E-state index in [1.807, 2.05) is 18.3 Å². The van der Waals surface area contributed by atoms with Crippen LogP contribution in [-0.2, 0) is 19.3 Å². The van der Waals surface area contributed by atoms with Gasteiger partial charge in [-0.3, -0.25) is 0 Å². The number of benzene rings is 4. The Morgan fingerprint density at radius 1 is 0.805 bits per heavy atom. The van der Waals surface area contributed by atoms with E-state index >= 15 is 0 Å². The quantitative estimate of drug-likeness (QED) is 0.190. The molecule has 4 aromatic carbocycles. The average Bonchev–Trinajstić information content (AvgIpc) is 3.01. The second kappa shape index (κ2) is 12.4. The zero-order valence-electron chi connectivity index (χ0n) is 23.0. The molecule has 1 aromatic heterocycles. The van der Waals surface area contributed by atoms with Crippen LogP contribution in [0.5, 0.6) is 0 Å². The van der Waals surface area contributed by atoms with E-state index in [4.69, 9.17) is 33.2 Å². The number of nitrogens with zero attached hydrogens (tertiary/aromatic N) is 3. The van der Waals surface area contributed by atoms with Crippen LogP contribution in [0.1, 0.15) is 33.7 Å². The molecule has 6 rings (SSSR count). The molecule has 0 spiro atoms. The maximum absolute atomic E-state index is 6.37. The molecule has 5 aromatic rings. The van der Waals surface area contributed by atoms with Crippen LogP contribution in [0.4, 0.5) is 11.6 Å². The van der Waals surface area contributed by atoms with Crippen LogP contribution < -0.4 is 5.32 Å². The summed E-state index contributed by atoms with van der Waals surface area (Å²) in [5.74, 6) is 0.766. The minimum atomic E-state index is 0.165. The first kappa shape index (κ1) is 27.5. The van der Waals surface area contributed by atoms with Gasteiger partial charge in [-0.05, 0) is 78.4 Å². The maximum atomic E-state index is 6.37. The molecule has 0 saturated carbocycles. The molecule has 206 valence electrons. The fraction of sp³-hybridized carbons (Fsp3) is 0.200. The Morgan fingerprint density at radius 3 is 2.39 bits per heavy atom. The molecule has 0 radical (unpaired) electrons. The van der Waals surface area contributed by atoms with Crippen LogP contribution >= 0.6 is 23.2 Å². The highest BCUT2D eigenvalue weighted by atomic mass is 35.5. The molecular formula is C35H32Cl2N4. The Kier molecular flexibility index (Phi) is 8.33. The highest BCUT2D eigenvalue weighted by molar-refractivity contribution is 6.42. The average molecular weight is 580 g/mol. The fourth-order valence-electron chi connectivity index (χ4n) is 5.55. The standard InChI is InChI=1S/C35H32Cl2N4/c1-41(18-16-24-8-3-2-4-9-24)19-17-25-10-7-11-28(20-25)39-35-38-23-27-21-31(26-14-15-32(36)33(37)22-26)29-12-5-6-13-30(29)34(27)40-35/h2-15,20,22-23,31H,16-19,21H2,1H3,(H,38,39,40). The summed E-state index contributed by atoms with van der Waals surface area (Å²) in [5.41, 5.74) is 9.26. The van der Waals surface area contributed by atoms with Crippen molar-refractivity contribution in [3.8, 4) is 11.3 Å². The molecule has 4 nitrogen and oxygen atoms in total. The lowest BCUT2D eigenvalue weighted by Gasteiger charge is -2.27. The van der Waals surface area contributed by atoms with E-state index in [0.717, 1.165) is 60.4 Å². The normalized spacial score (nSPS) is 14.0. The van der Waals surface area contributed by atoms with Crippen molar-refractivity contribution in [3.63, 3.8) is 0 Å². The second-order valence-electron chi connectivity index (χ2n) is 10.7. The SMILES string of the molecule is CN(CCc1ccccc1)CCc1cccc(Nc2ncc3c(n2)-c2ccccc2C(c2ccc(Cl)c(Cl)c2)C3)c1. The number of halogens is 2. The van der Waals surface area contributed by atoms with E-state index in [1.54, 1.807) is 0 Å². The van der Waals surface area contributed by atoms with E-state index in [0.29, 0.717) is 16.0 Å². The summed E-state index contributed by atoms with van der Waals surface area (Å²) in [5, 5.41) is 4.59. The number of rotatable bonds is 9. The molecule has 0 aliphatic heterocycles. The van der Waals surface area contributed by atoms with Crippen molar-refractivity contribution in [3.05, 3.63) is 141 Å². The van der Waals surface area contributed by atoms with Crippen molar-refractivity contribution < 1.29 is 0 Å². The van der Waals surface area contributed by atoms with Crippen LogP contribution in [0.3, 0.4) is 0 Å². The second-order valence-corrected chi connectivity index (χ2v) is 11.5. The molecule has 0 bridgehead atoms. The van der Waals surface area contributed by atoms with Crippen LogP contribution in [0.25, 0.3) is 11.3 Å². The van der Waals surface area contributed by atoms with Crippen LogP contribution in [0.2, 0.25) is 10.0 Å². The third kappa shape index (κ3) is 6.46. The van der Waals surface area contributed by atoms with Crippen molar-refractivity contribution in [1.29, 1.82) is 0 Å². The molecular weight excluding hydrogens is 547 g/mol. The molecule has 1 unspecified atom stereocenters. The number of hydrogen-bond donors (Lipinski definition) is 1. The molecule has 1 aliphatic rings. The predicted molar refractivity (Wildman–Crippen MR) is 171 cm³/mol. The van der Waals surface area contributed by atoms with E-state index in [9.17, 15) is 0 Å². The van der Waals surface area contributed by atoms with Crippen LogP contribution in [0.15, 0.2) is 103 Å². The van der Waals surface area contributed by atoms with Gasteiger partial charge in [0.25, 0.3) is 0 Å². The zero-order chi connectivity index (χ0) is 28.2. The lowest BCUT2D eigenvalue weighted by molar-refractivity contribution is 0.343. The Bertz CT molecular complexity index is 1650. The first-order valence-corrected chi connectivity index (χ1v) is 14.8. The van der Waals surface area contributed by atoms with E-state index < -0.39 is 0 Å². The third-order valence-corrected chi connectivity index (χ3v) is 8.56. The van der Waals surface area contributed by atoms with Gasteiger partial charge in [0.1, 0.15) is 0 Å². The van der Waals surface area contributed by atoms with Crippen molar-refractivity contribution in [2.75, 3.05) is 25.5 Å². The number of likely N-dealkylation sites (N-methyl/N-ethyl adjacent to an activating group) is 1. The highest BCUT2D eigenvalue weighted by Gasteiger charge is 2.27. The fourth-order valence-corrected chi connectivity index (χ4v) is 5.86. The number of aromatic nitrogens is 2. The monoisotopic (exact) mass is 578 g/mol. The summed E-state index contributed by atoms with van der Waals surface area (Å²) in [6.45, 7) is 2.04. The lowest BCUT2D eigenvalue weighted by Crippen LogP contribution is -2.23. The third-order valence-electron chi connectivity index (χ3n) is 7.82. The lowest BCUT2D eigenvalue weighted by atomic mass is 9.78. The molecule has 6 heteroatoms. The molecule has 0 saturated heterocycles. The molecule has 0 fully saturated rings. The number of anilines is 2. The number of nitrogens with one attached hydrogen (secondary N) is 1. The van der Waals surface area contributed by atoms with Crippen molar-refractivity contribution >= 4 is 34.8 Å². The summed E-state index contributed by atoms with van der Waals surface area (Å²) in [6.07, 6.45) is 4.80. The van der Waals surface area contributed by atoms with Gasteiger partial charge in [-0.15, -0.1) is 0 Å². The smallest absolute Gasteiger partial charge is 0.227 e. The van der Waals surface area contributed by atoms with Gasteiger partial charge in [-0.25, -0.2) is 9.97 Å². The molecule has 0 amide bonds. The summed E-state index contributed by atoms with van der Waals surface area (Å²) in [6, 6.07) is 33.6. The van der Waals surface area contributed by atoms with Gasteiger partial charge >= 0.3 is 0 Å². The first-order valence-electron chi connectivity index (χ1n) is 14.0. The summed E-state index contributed by atoms with van der Waals surface area (Å²) < 4.78 is 0. The molecule has 1 heterocycles. The number of hydrogen-bond acceptors (Lipinski definition) is 4. The Balaban J connectivity index is 1.15. The minimum absolute atomic E-state index is 0.165. The number of fused-ring (bicyclic) bond motifs is 3. The highest BCUT2D eigenvalue weighted by Crippen LogP contribution is 2.43. The van der Waals surface area contributed by atoms with E-state index in [1.165, 1.54) is 16.7 Å². The summed E-state index contributed by atoms with van der Waals surface area (Å²) in [4.78, 5) is 12.1. The first-order chi connectivity index (χ1) is 20.0. The predicted octanol–water partition coefficient (Wildman–Crippen LogP) is 8.60. The van der Waals surface area contributed by atoms with Crippen LogP contribution in [-0.4, -0.2) is 35.0 Å².